The molecule has 0 aliphatic carbocycles. The largest absolute Gasteiger partial charge is 0.351 e. The number of aryl methyl sites for hydroxylation is 2. The molecule has 5 rings (SSSR count). The van der Waals surface area contributed by atoms with E-state index in [1.54, 1.807) is 0 Å². The highest BCUT2D eigenvalue weighted by Gasteiger charge is 2.40. The van der Waals surface area contributed by atoms with Crippen LogP contribution in [0.15, 0.2) is 12.3 Å². The Balaban J connectivity index is 1.37. The van der Waals surface area contributed by atoms with Crippen molar-refractivity contribution in [3.63, 3.8) is 0 Å². The smallest absolute Gasteiger partial charge is 0.226 e. The van der Waals surface area contributed by atoms with Crippen LogP contribution >= 0.6 is 0 Å². The Morgan fingerprint density at radius 3 is 2.73 bits per heavy atom. The molecule has 9 heteroatoms. The second kappa shape index (κ2) is 7.61. The molecule has 3 aromatic heterocycles. The molecule has 0 radical (unpaired) electrons. The van der Waals surface area contributed by atoms with E-state index >= 15 is 0 Å². The number of piperidine rings is 1. The Morgan fingerprint density at radius 2 is 2.03 bits per heavy atom. The molecule has 3 aromatic rings. The van der Waals surface area contributed by atoms with E-state index < -0.39 is 0 Å². The standard InChI is InChI=1S/C21H27N9/c1-12-11-23-19-18(12)20(25-17-8-13(2)28-29-17)27-21(26-19)24-14-9-15-4-5-16(10-14)30(15)7-3-6-22/h8,11,14-16H,3-5,7,9-10H2,1-2H3,(H4,23,24,25,26,27,28,29)/t14-,15-,16+. The van der Waals surface area contributed by atoms with Crippen molar-refractivity contribution in [3.05, 3.63) is 23.5 Å². The minimum atomic E-state index is 0.342. The van der Waals surface area contributed by atoms with E-state index in [9.17, 15) is 0 Å². The van der Waals surface area contributed by atoms with E-state index in [2.05, 4.69) is 36.8 Å². The zero-order chi connectivity index (χ0) is 20.7. The van der Waals surface area contributed by atoms with Gasteiger partial charge in [-0.25, -0.2) is 0 Å². The van der Waals surface area contributed by atoms with Gasteiger partial charge in [0.15, 0.2) is 5.82 Å². The van der Waals surface area contributed by atoms with E-state index in [4.69, 9.17) is 15.2 Å². The van der Waals surface area contributed by atoms with E-state index in [-0.39, 0.29) is 0 Å². The topological polar surface area (TPSA) is 121 Å². The Morgan fingerprint density at radius 1 is 1.23 bits per heavy atom. The molecule has 2 fully saturated rings. The van der Waals surface area contributed by atoms with Crippen LogP contribution in [0.1, 0.15) is 43.4 Å². The van der Waals surface area contributed by atoms with Crippen LogP contribution in [0.25, 0.3) is 11.0 Å². The molecule has 0 spiro atoms. The van der Waals surface area contributed by atoms with Gasteiger partial charge in [0.2, 0.25) is 5.95 Å². The highest BCUT2D eigenvalue weighted by molar-refractivity contribution is 5.92. The third kappa shape index (κ3) is 3.48. The molecule has 0 amide bonds. The van der Waals surface area contributed by atoms with E-state index in [0.717, 1.165) is 53.3 Å². The number of aromatic nitrogens is 5. The van der Waals surface area contributed by atoms with Crippen LogP contribution in [0.5, 0.6) is 0 Å². The zero-order valence-corrected chi connectivity index (χ0v) is 17.4. The van der Waals surface area contributed by atoms with Gasteiger partial charge in [-0.1, -0.05) is 0 Å². The maximum atomic E-state index is 8.94. The van der Waals surface area contributed by atoms with Gasteiger partial charge in [-0.2, -0.15) is 20.3 Å². The van der Waals surface area contributed by atoms with Crippen LogP contribution < -0.4 is 10.6 Å². The van der Waals surface area contributed by atoms with Crippen molar-refractivity contribution in [2.24, 2.45) is 0 Å². The maximum Gasteiger partial charge on any atom is 0.226 e. The fourth-order valence-corrected chi connectivity index (χ4v) is 5.06. The third-order valence-electron chi connectivity index (χ3n) is 6.38. The molecule has 0 unspecified atom stereocenters. The summed E-state index contributed by atoms with van der Waals surface area (Å²) >= 11 is 0. The van der Waals surface area contributed by atoms with Gasteiger partial charge in [0.05, 0.1) is 11.5 Å². The maximum absolute atomic E-state index is 8.94. The zero-order valence-electron chi connectivity index (χ0n) is 17.4. The molecule has 2 aliphatic heterocycles. The summed E-state index contributed by atoms with van der Waals surface area (Å²) < 4.78 is 0. The molecule has 2 bridgehead atoms. The average molecular weight is 406 g/mol. The molecule has 9 nitrogen and oxygen atoms in total. The van der Waals surface area contributed by atoms with E-state index in [1.807, 2.05) is 26.1 Å². The second-order valence-corrected chi connectivity index (χ2v) is 8.50. The van der Waals surface area contributed by atoms with Gasteiger partial charge in [-0.05, 0) is 45.1 Å². The van der Waals surface area contributed by atoms with Crippen LogP contribution in [0.2, 0.25) is 0 Å². The molecule has 2 aliphatic rings. The molecule has 3 atom stereocenters. The van der Waals surface area contributed by atoms with Crippen molar-refractivity contribution in [3.8, 4) is 6.07 Å². The second-order valence-electron chi connectivity index (χ2n) is 8.50. The average Bonchev–Trinajstić information content (AvgIpc) is 3.36. The molecular weight excluding hydrogens is 378 g/mol. The van der Waals surface area contributed by atoms with Gasteiger partial charge in [0.25, 0.3) is 0 Å². The first-order valence-corrected chi connectivity index (χ1v) is 10.6. The molecule has 0 aromatic carbocycles. The van der Waals surface area contributed by atoms with Crippen LogP contribution in [0.3, 0.4) is 0 Å². The van der Waals surface area contributed by atoms with E-state index in [1.165, 1.54) is 12.8 Å². The first-order chi connectivity index (χ1) is 14.6. The summed E-state index contributed by atoms with van der Waals surface area (Å²) in [5, 5.41) is 24.1. The number of fused-ring (bicyclic) bond motifs is 3. The Bertz CT molecular complexity index is 1080. The minimum absolute atomic E-state index is 0.342. The van der Waals surface area contributed by atoms with Crippen molar-refractivity contribution in [1.82, 2.24) is 30.0 Å². The number of hydrogen-bond donors (Lipinski definition) is 4. The van der Waals surface area contributed by atoms with Crippen LogP contribution in [0.4, 0.5) is 17.6 Å². The summed E-state index contributed by atoms with van der Waals surface area (Å²) in [6.45, 7) is 4.91. The fourth-order valence-electron chi connectivity index (χ4n) is 5.06. The number of H-pyrrole nitrogens is 2. The fraction of sp³-hybridized carbons (Fsp3) is 0.524. The molecular formula is C21H27N9. The number of nitrogens with zero attached hydrogens (tertiary/aromatic N) is 5. The summed E-state index contributed by atoms with van der Waals surface area (Å²) in [5.74, 6) is 2.12. The lowest BCUT2D eigenvalue weighted by atomic mass is 9.97. The van der Waals surface area contributed by atoms with Crippen molar-refractivity contribution in [2.75, 3.05) is 17.2 Å². The molecule has 156 valence electrons. The number of nitriles is 1. The van der Waals surface area contributed by atoms with Gasteiger partial charge in [-0.15, -0.1) is 0 Å². The van der Waals surface area contributed by atoms with Crippen LogP contribution in [0, 0.1) is 25.2 Å². The lowest BCUT2D eigenvalue weighted by molar-refractivity contribution is 0.135. The Kier molecular flexibility index (Phi) is 4.79. The number of nitrogens with one attached hydrogen (secondary N) is 4. The molecule has 30 heavy (non-hydrogen) atoms. The summed E-state index contributed by atoms with van der Waals surface area (Å²) in [7, 11) is 0. The SMILES string of the molecule is Cc1cc(Nc2nc(N[C@@H]3C[C@H]4CC[C@@H](C3)N4CCC#N)nc3[nH]cc(C)c23)n[nH]1. The highest BCUT2D eigenvalue weighted by Crippen LogP contribution is 2.37. The van der Waals surface area contributed by atoms with Crippen molar-refractivity contribution in [2.45, 2.75) is 64.1 Å². The first-order valence-electron chi connectivity index (χ1n) is 10.6. The van der Waals surface area contributed by atoms with Crippen molar-refractivity contribution >= 4 is 28.6 Å². The predicted molar refractivity (Wildman–Crippen MR) is 116 cm³/mol. The molecule has 2 saturated heterocycles. The molecule has 5 heterocycles. The quantitative estimate of drug-likeness (QED) is 0.496. The normalized spacial score (nSPS) is 23.6. The monoisotopic (exact) mass is 405 g/mol. The summed E-state index contributed by atoms with van der Waals surface area (Å²) in [4.78, 5) is 15.3. The number of aromatic amines is 2. The summed E-state index contributed by atoms with van der Waals surface area (Å²) in [6, 6.07) is 5.69. The van der Waals surface area contributed by atoms with Crippen molar-refractivity contribution in [1.29, 1.82) is 5.26 Å². The van der Waals surface area contributed by atoms with Gasteiger partial charge in [-0.3, -0.25) is 10.00 Å². The van der Waals surface area contributed by atoms with Crippen molar-refractivity contribution < 1.29 is 0 Å². The molecule has 0 saturated carbocycles. The van der Waals surface area contributed by atoms with Gasteiger partial charge in [0.1, 0.15) is 11.5 Å². The Labute approximate surface area is 175 Å². The first kappa shape index (κ1) is 18.9. The lowest BCUT2D eigenvalue weighted by Crippen LogP contribution is -2.47. The summed E-state index contributed by atoms with van der Waals surface area (Å²) in [6.07, 6.45) is 7.13. The van der Waals surface area contributed by atoms with Gasteiger partial charge >= 0.3 is 0 Å². The van der Waals surface area contributed by atoms with E-state index in [0.29, 0.717) is 30.5 Å². The predicted octanol–water partition coefficient (Wildman–Crippen LogP) is 3.36. The minimum Gasteiger partial charge on any atom is -0.351 e. The number of anilines is 3. The lowest BCUT2D eigenvalue weighted by Gasteiger charge is -2.38. The third-order valence-corrected chi connectivity index (χ3v) is 6.38. The summed E-state index contributed by atoms with van der Waals surface area (Å²) in [5.41, 5.74) is 2.90. The van der Waals surface area contributed by atoms with Gasteiger partial charge in [0, 0.05) is 49.0 Å². The number of hydrogen-bond acceptors (Lipinski definition) is 7. The number of rotatable bonds is 6. The highest BCUT2D eigenvalue weighted by atomic mass is 15.3. The van der Waals surface area contributed by atoms with Gasteiger partial charge < -0.3 is 15.6 Å². The molecule has 4 N–H and O–H groups in total. The van der Waals surface area contributed by atoms with Crippen LogP contribution in [-0.4, -0.2) is 54.7 Å². The Hall–Kier alpha value is -3.12. The van der Waals surface area contributed by atoms with Crippen LogP contribution in [-0.2, 0) is 0 Å².